The Balaban J connectivity index is 1.15. The van der Waals surface area contributed by atoms with Crippen LogP contribution >= 0.6 is 0 Å². The van der Waals surface area contributed by atoms with E-state index in [-0.39, 0.29) is 0 Å². The van der Waals surface area contributed by atoms with E-state index in [1.807, 2.05) is 6.07 Å². The van der Waals surface area contributed by atoms with Crippen LogP contribution in [0.25, 0.3) is 110 Å². The summed E-state index contributed by atoms with van der Waals surface area (Å²) in [5, 5.41) is 7.44. The first-order valence-corrected chi connectivity index (χ1v) is 22.4. The molecule has 0 saturated carbocycles. The molecule has 294 valence electrons. The topological polar surface area (TPSA) is 23.0 Å². The van der Waals surface area contributed by atoms with Gasteiger partial charge in [0.25, 0.3) is 0 Å². The predicted molar refractivity (Wildman–Crippen MR) is 296 cm³/mol. The highest BCUT2D eigenvalue weighted by Gasteiger charge is 2.26. The summed E-state index contributed by atoms with van der Waals surface area (Å²) in [5.74, 6) is 0. The van der Waals surface area contributed by atoms with Crippen molar-refractivity contribution in [2.24, 2.45) is 0 Å². The molecule has 3 aromatic heterocycles. The van der Waals surface area contributed by atoms with Crippen molar-refractivity contribution in [3.63, 3.8) is 0 Å². The van der Waals surface area contributed by atoms with Crippen molar-refractivity contribution in [1.82, 2.24) is 9.13 Å². The van der Waals surface area contributed by atoms with E-state index >= 15 is 0 Å². The molecule has 0 aliphatic carbocycles. The van der Waals surface area contributed by atoms with Crippen LogP contribution in [-0.4, -0.2) is 64.1 Å². The lowest BCUT2D eigenvalue weighted by Gasteiger charge is -2.19. The minimum atomic E-state index is 0.890. The van der Waals surface area contributed by atoms with E-state index in [9.17, 15) is 0 Å². The summed E-state index contributed by atoms with van der Waals surface area (Å²) >= 11 is 0. The van der Waals surface area contributed by atoms with Crippen LogP contribution in [0.15, 0.2) is 168 Å². The number of aromatic nitrogens is 2. The Bertz CT molecular complexity index is 3930. The molecular formula is C54H41B7N2O. The molecule has 9 aromatic carbocycles. The van der Waals surface area contributed by atoms with Crippen LogP contribution in [0, 0.1) is 0 Å². The van der Waals surface area contributed by atoms with Gasteiger partial charge < -0.3 is 13.6 Å². The Hall–Kier alpha value is -7.17. The van der Waals surface area contributed by atoms with Crippen molar-refractivity contribution in [2.75, 3.05) is 0 Å². The van der Waals surface area contributed by atoms with Crippen molar-refractivity contribution < 1.29 is 4.42 Å². The van der Waals surface area contributed by atoms with Crippen LogP contribution in [0.3, 0.4) is 0 Å². The third-order valence-corrected chi connectivity index (χ3v) is 14.6. The number of benzene rings is 9. The van der Waals surface area contributed by atoms with Gasteiger partial charge in [0.05, 0.1) is 11.0 Å². The van der Waals surface area contributed by atoms with Crippen LogP contribution in [0.2, 0.25) is 0 Å². The predicted octanol–water partition coefficient (Wildman–Crippen LogP) is 2.59. The van der Waals surface area contributed by atoms with Gasteiger partial charge in [-0.1, -0.05) is 142 Å². The van der Waals surface area contributed by atoms with Crippen molar-refractivity contribution >= 4 is 159 Å². The van der Waals surface area contributed by atoms with E-state index in [0.29, 0.717) is 0 Å². The molecule has 12 rings (SSSR count). The Morgan fingerprint density at radius 2 is 0.953 bits per heavy atom. The highest BCUT2D eigenvalue weighted by molar-refractivity contribution is 6.69. The van der Waals surface area contributed by atoms with Gasteiger partial charge in [0, 0.05) is 55.4 Å². The van der Waals surface area contributed by atoms with Crippen LogP contribution in [0.5, 0.6) is 0 Å². The fourth-order valence-electron chi connectivity index (χ4n) is 11.1. The number of nitrogens with zero attached hydrogens (tertiary/aromatic N) is 2. The minimum Gasteiger partial charge on any atom is -0.456 e. The van der Waals surface area contributed by atoms with E-state index < -0.39 is 0 Å². The van der Waals surface area contributed by atoms with Gasteiger partial charge in [-0.2, -0.15) is 0 Å². The number of rotatable bonds is 5. The van der Waals surface area contributed by atoms with E-state index in [0.717, 1.165) is 33.1 Å². The molecule has 0 aliphatic rings. The van der Waals surface area contributed by atoms with Gasteiger partial charge in [0.1, 0.15) is 66.1 Å². The first-order valence-electron chi connectivity index (χ1n) is 22.4. The van der Waals surface area contributed by atoms with E-state index in [4.69, 9.17) is 4.42 Å². The summed E-state index contributed by atoms with van der Waals surface area (Å²) in [4.78, 5) is 0. The molecule has 0 aliphatic heterocycles. The lowest BCUT2D eigenvalue weighted by Crippen LogP contribution is -2.48. The Kier molecular flexibility index (Phi) is 8.69. The Labute approximate surface area is 379 Å². The Morgan fingerprint density at radius 1 is 0.328 bits per heavy atom. The molecule has 0 unspecified atom stereocenters. The first-order chi connectivity index (χ1) is 31.2. The minimum absolute atomic E-state index is 0.890. The maximum Gasteiger partial charge on any atom is 0.141 e. The van der Waals surface area contributed by atoms with Crippen molar-refractivity contribution in [3.05, 3.63) is 164 Å². The van der Waals surface area contributed by atoms with Crippen LogP contribution in [-0.2, 0) is 0 Å². The molecule has 0 spiro atoms. The normalized spacial score (nSPS) is 11.9. The molecule has 3 heterocycles. The highest BCUT2D eigenvalue weighted by atomic mass is 16.3. The third-order valence-electron chi connectivity index (χ3n) is 14.6. The lowest BCUT2D eigenvalue weighted by molar-refractivity contribution is 0.668. The lowest BCUT2D eigenvalue weighted by atomic mass is 9.64. The molecule has 10 heteroatoms. The fourth-order valence-corrected chi connectivity index (χ4v) is 11.1. The van der Waals surface area contributed by atoms with Gasteiger partial charge in [0.15, 0.2) is 0 Å². The SMILES string of the molecule is Bc1c(B)c(B)c2c(c1B)c1c(B)c(-c3ccc4c(c3)c3c(-c5ccccc5)cccc3n4-c3ccc4c(c3)oc3ccccc34)c(B)c(B)c1n2-c1cccc(-c2ccccc2)c1. The van der Waals surface area contributed by atoms with E-state index in [1.165, 1.54) is 115 Å². The molecule has 0 saturated heterocycles. The molecule has 0 N–H and O–H groups in total. The average Bonchev–Trinajstić information content (AvgIpc) is 4.01. The fraction of sp³-hybridized carbons (Fsp3) is 0. The van der Waals surface area contributed by atoms with E-state index in [1.54, 1.807) is 0 Å². The standard InChI is InChI=1S/C54H41B7N2O/c55-46-42(47(56)51(60)53-44(46)45-48(57)49(58)50(59)52(61)54(45)63(53)32-16-9-15-30(25-32)28-11-3-1-4-12-28)31-21-24-38-37(26-31)43-34(29-13-5-2-6-14-29)18-10-19-39(43)62(38)33-22-23-36-35-17-7-8-20-40(35)64-41(36)27-33/h1-27H,55-61H2. The van der Waals surface area contributed by atoms with Crippen LogP contribution < -0.4 is 38.2 Å². The quantitative estimate of drug-likeness (QED) is 0.246. The monoisotopic (exact) mass is 810 g/mol. The second-order valence-corrected chi connectivity index (χ2v) is 17.9. The number of para-hydroxylation sites is 1. The van der Waals surface area contributed by atoms with Gasteiger partial charge in [0.2, 0.25) is 0 Å². The third kappa shape index (κ3) is 5.51. The van der Waals surface area contributed by atoms with Crippen LogP contribution in [0.4, 0.5) is 0 Å². The maximum absolute atomic E-state index is 6.46. The van der Waals surface area contributed by atoms with E-state index in [2.05, 4.69) is 222 Å². The van der Waals surface area contributed by atoms with Crippen molar-refractivity contribution in [2.45, 2.75) is 0 Å². The molecule has 0 bridgehead atoms. The summed E-state index contributed by atoms with van der Waals surface area (Å²) in [6.45, 7) is 0. The van der Waals surface area contributed by atoms with Gasteiger partial charge in [-0.15, -0.1) is 5.46 Å². The zero-order valence-corrected chi connectivity index (χ0v) is 37.4. The molecule has 3 nitrogen and oxygen atoms in total. The van der Waals surface area contributed by atoms with Crippen molar-refractivity contribution in [3.8, 4) is 44.8 Å². The molecule has 0 radical (unpaired) electrons. The zero-order chi connectivity index (χ0) is 43.5. The summed E-state index contributed by atoms with van der Waals surface area (Å²) < 4.78 is 11.5. The highest BCUT2D eigenvalue weighted by Crippen LogP contribution is 2.41. The summed E-state index contributed by atoms with van der Waals surface area (Å²) in [5.41, 5.74) is 25.7. The maximum atomic E-state index is 6.46. The molecule has 0 fully saturated rings. The van der Waals surface area contributed by atoms with Gasteiger partial charge in [-0.05, 0) is 87.3 Å². The zero-order valence-electron chi connectivity index (χ0n) is 37.4. The largest absolute Gasteiger partial charge is 0.456 e. The van der Waals surface area contributed by atoms with Gasteiger partial charge in [-0.25, -0.2) is 0 Å². The van der Waals surface area contributed by atoms with Crippen molar-refractivity contribution in [1.29, 1.82) is 0 Å². The summed E-state index contributed by atoms with van der Waals surface area (Å²) in [7, 11) is 16.3. The number of furan rings is 1. The summed E-state index contributed by atoms with van der Waals surface area (Å²) in [6, 6.07) is 59.6. The van der Waals surface area contributed by atoms with Gasteiger partial charge in [-0.3, -0.25) is 0 Å². The number of hydrogen-bond donors (Lipinski definition) is 0. The van der Waals surface area contributed by atoms with Gasteiger partial charge >= 0.3 is 0 Å². The van der Waals surface area contributed by atoms with Crippen LogP contribution in [0.1, 0.15) is 0 Å². The second-order valence-electron chi connectivity index (χ2n) is 17.9. The molecule has 0 atom stereocenters. The Morgan fingerprint density at radius 3 is 1.73 bits per heavy atom. The second kappa shape index (κ2) is 14.4. The molecular weight excluding hydrogens is 768 g/mol. The summed E-state index contributed by atoms with van der Waals surface area (Å²) in [6.07, 6.45) is 0. The molecule has 0 amide bonds. The molecule has 12 aromatic rings. The smallest absolute Gasteiger partial charge is 0.141 e. The molecule has 64 heavy (non-hydrogen) atoms. The first kappa shape index (κ1) is 38.5. The number of hydrogen-bond acceptors (Lipinski definition) is 1. The number of fused-ring (bicyclic) bond motifs is 9. The average molecular weight is 810 g/mol.